The fourth-order valence-corrected chi connectivity index (χ4v) is 10.5. The van der Waals surface area contributed by atoms with E-state index in [0.29, 0.717) is 91.1 Å². The highest BCUT2D eigenvalue weighted by Gasteiger charge is 2.51. The molecular weight excluding hydrogens is 713 g/mol. The lowest BCUT2D eigenvalue weighted by Crippen LogP contribution is -2.42. The first-order chi connectivity index (χ1) is 26.0. The monoisotopic (exact) mass is 761 g/mol. The quantitative estimate of drug-likeness (QED) is 0.211. The second-order valence-corrected chi connectivity index (χ2v) is 17.3. The number of aromatic nitrogens is 7. The summed E-state index contributed by atoms with van der Waals surface area (Å²) in [6, 6.07) is 2.64. The molecule has 15 heteroatoms. The van der Waals surface area contributed by atoms with Crippen LogP contribution < -0.4 is 9.64 Å². The molecular formula is C39H49ClFN9O4. The molecule has 13 nitrogen and oxygen atoms in total. The molecule has 0 radical (unpaired) electrons. The molecule has 0 spiro atoms. The average Bonchev–Trinajstić information content (AvgIpc) is 3.51. The van der Waals surface area contributed by atoms with E-state index in [2.05, 4.69) is 16.8 Å². The van der Waals surface area contributed by atoms with Crippen LogP contribution in [0.1, 0.15) is 76.5 Å². The minimum absolute atomic E-state index is 0.0793. The fourth-order valence-electron chi connectivity index (χ4n) is 10.2. The summed E-state index contributed by atoms with van der Waals surface area (Å²) < 4.78 is 41.0. The van der Waals surface area contributed by atoms with Gasteiger partial charge in [-0.3, -0.25) is 4.68 Å². The van der Waals surface area contributed by atoms with E-state index in [1.165, 1.54) is 12.8 Å². The van der Waals surface area contributed by atoms with Gasteiger partial charge in [-0.25, -0.2) is 9.07 Å². The van der Waals surface area contributed by atoms with Gasteiger partial charge in [0.25, 0.3) is 0 Å². The molecule has 288 valence electrons. The molecule has 7 heterocycles. The zero-order valence-corrected chi connectivity index (χ0v) is 32.3. The third-order valence-electron chi connectivity index (χ3n) is 13.0. The highest BCUT2D eigenvalue weighted by molar-refractivity contribution is 6.33. The van der Waals surface area contributed by atoms with Gasteiger partial charge < -0.3 is 33.7 Å². The molecule has 5 aromatic rings. The number of rotatable bonds is 7. The van der Waals surface area contributed by atoms with Crippen LogP contribution in [0.25, 0.3) is 44.2 Å². The summed E-state index contributed by atoms with van der Waals surface area (Å²) >= 11 is 7.11. The molecule has 0 amide bonds. The number of ether oxygens (including phenoxy) is 3. The van der Waals surface area contributed by atoms with Crippen molar-refractivity contribution in [2.24, 2.45) is 19.5 Å². The van der Waals surface area contributed by atoms with Gasteiger partial charge in [-0.2, -0.15) is 20.2 Å². The first-order valence-corrected chi connectivity index (χ1v) is 20.0. The van der Waals surface area contributed by atoms with E-state index in [1.54, 1.807) is 6.92 Å². The van der Waals surface area contributed by atoms with Gasteiger partial charge in [0.05, 0.1) is 54.5 Å². The number of likely N-dealkylation sites (tertiary alicyclic amines) is 1. The number of aliphatic hydroxyl groups is 1. The number of aryl methyl sites for hydroxylation is 2. The maximum atomic E-state index is 16.6. The molecule has 5 aliphatic rings. The van der Waals surface area contributed by atoms with Crippen LogP contribution in [0.4, 0.5) is 10.2 Å². The maximum Gasteiger partial charge on any atom is 0.320 e. The molecule has 1 N–H and O–H groups in total. The summed E-state index contributed by atoms with van der Waals surface area (Å²) in [5.74, 6) is 0.646. The van der Waals surface area contributed by atoms with E-state index >= 15 is 4.39 Å². The number of benzene rings is 1. The second-order valence-electron chi connectivity index (χ2n) is 16.9. The Hall–Kier alpha value is -3.56. The minimum atomic E-state index is -1.56. The third kappa shape index (κ3) is 5.37. The van der Waals surface area contributed by atoms with Crippen molar-refractivity contribution >= 4 is 50.4 Å². The molecule has 2 aliphatic carbocycles. The van der Waals surface area contributed by atoms with Gasteiger partial charge in [0.15, 0.2) is 11.9 Å². The van der Waals surface area contributed by atoms with Crippen molar-refractivity contribution in [1.29, 1.82) is 0 Å². The first-order valence-electron chi connectivity index (χ1n) is 19.6. The fraction of sp³-hybridized carbons (Fsp3) is 0.641. The Labute approximate surface area is 318 Å². The van der Waals surface area contributed by atoms with Gasteiger partial charge in [0.2, 0.25) is 0 Å². The van der Waals surface area contributed by atoms with Gasteiger partial charge in [-0.15, -0.1) is 0 Å². The van der Waals surface area contributed by atoms with E-state index in [1.807, 2.05) is 40.3 Å². The van der Waals surface area contributed by atoms with Crippen molar-refractivity contribution in [2.45, 2.75) is 88.3 Å². The summed E-state index contributed by atoms with van der Waals surface area (Å²) in [7, 11) is 6.09. The molecule has 5 fully saturated rings. The lowest BCUT2D eigenvalue weighted by molar-refractivity contribution is -0.0366. The third-order valence-corrected chi connectivity index (χ3v) is 13.3. The number of fused-ring (bicyclic) bond motifs is 5. The van der Waals surface area contributed by atoms with Crippen molar-refractivity contribution in [1.82, 2.24) is 39.0 Å². The molecule has 4 aromatic heterocycles. The first kappa shape index (κ1) is 34.9. The van der Waals surface area contributed by atoms with Crippen molar-refractivity contribution < 1.29 is 23.7 Å². The second kappa shape index (κ2) is 12.5. The SMILES string of the molecule is CN1CCC2(COc3nc(N4CCOC[C@@](C)(O)C4)c4c5c(c(-c6c(C7(F)CC7)c(Cl)cc7c6cnn7C6CCCCO6)nn5C)n(C)c4n3)CCCC12. The Morgan fingerprint density at radius 3 is 2.69 bits per heavy atom. The number of hydrogen-bond acceptors (Lipinski definition) is 10. The average molecular weight is 762 g/mol. The lowest BCUT2D eigenvalue weighted by Gasteiger charge is -2.31. The van der Waals surface area contributed by atoms with E-state index < -0.39 is 11.3 Å². The molecule has 4 atom stereocenters. The van der Waals surface area contributed by atoms with Crippen LogP contribution in [0.2, 0.25) is 5.02 Å². The Morgan fingerprint density at radius 2 is 1.89 bits per heavy atom. The highest BCUT2D eigenvalue weighted by Crippen LogP contribution is 2.57. The van der Waals surface area contributed by atoms with Crippen LogP contribution in [-0.2, 0) is 29.2 Å². The van der Waals surface area contributed by atoms with Gasteiger partial charge in [0.1, 0.15) is 22.8 Å². The minimum Gasteiger partial charge on any atom is -0.463 e. The van der Waals surface area contributed by atoms with E-state index in [4.69, 9.17) is 46.0 Å². The molecule has 2 saturated carbocycles. The largest absolute Gasteiger partial charge is 0.463 e. The predicted molar refractivity (Wildman–Crippen MR) is 204 cm³/mol. The Balaban J connectivity index is 1.18. The topological polar surface area (TPSA) is 121 Å². The Morgan fingerprint density at radius 1 is 1.04 bits per heavy atom. The summed E-state index contributed by atoms with van der Waals surface area (Å²) in [6.07, 6.45) is 9.86. The number of nitrogens with zero attached hydrogens (tertiary/aromatic N) is 9. The molecule has 10 rings (SSSR count). The zero-order valence-electron chi connectivity index (χ0n) is 31.6. The number of β-amino-alcohol motifs (C(OH)–C–C–N with tert-alkyl or cyclic N) is 1. The van der Waals surface area contributed by atoms with Crippen LogP contribution in [0.5, 0.6) is 6.01 Å². The summed E-state index contributed by atoms with van der Waals surface area (Å²) in [6.45, 7) is 5.54. The van der Waals surface area contributed by atoms with Crippen LogP contribution in [0.3, 0.4) is 0 Å². The number of anilines is 1. The van der Waals surface area contributed by atoms with Crippen molar-refractivity contribution in [3.8, 4) is 17.3 Å². The molecule has 3 unspecified atom stereocenters. The number of halogens is 2. The highest BCUT2D eigenvalue weighted by atomic mass is 35.5. The van der Waals surface area contributed by atoms with Gasteiger partial charge in [0, 0.05) is 60.2 Å². The molecule has 54 heavy (non-hydrogen) atoms. The van der Waals surface area contributed by atoms with E-state index in [9.17, 15) is 5.11 Å². The number of hydrogen-bond donors (Lipinski definition) is 1. The number of alkyl halides is 1. The standard InChI is InChI=1S/C39H49ClFN9O4/c1-37(51)20-49(15-17-52-21-37)35-29-32-33(47(3)34(29)43-36(44-35)54-22-38-10-7-8-26(38)46(2)14-13-38)31(45-48(32)4)28-23-19-42-50(27-9-5-6-16-53-27)25(23)18-24(40)30(28)39(41)11-12-39/h18-19,26-27,51H,5-17,20-22H2,1-4H3/t26?,27?,37-,38?/m0/s1. The van der Waals surface area contributed by atoms with Gasteiger partial charge in [-0.1, -0.05) is 18.0 Å². The van der Waals surface area contributed by atoms with Crippen molar-refractivity contribution in [3.05, 3.63) is 22.8 Å². The summed E-state index contributed by atoms with van der Waals surface area (Å²) in [4.78, 5) is 14.8. The van der Waals surface area contributed by atoms with Gasteiger partial charge in [-0.05, 0) is 77.9 Å². The summed E-state index contributed by atoms with van der Waals surface area (Å²) in [5.41, 5.74) is 2.15. The molecule has 1 aromatic carbocycles. The Bertz CT molecular complexity index is 2290. The normalized spacial score (nSPS) is 28.8. The smallest absolute Gasteiger partial charge is 0.320 e. The van der Waals surface area contributed by atoms with E-state index in [0.717, 1.165) is 66.0 Å². The Kier molecular flexibility index (Phi) is 8.06. The molecule has 3 saturated heterocycles. The maximum absolute atomic E-state index is 16.6. The predicted octanol–water partition coefficient (Wildman–Crippen LogP) is 6.02. The summed E-state index contributed by atoms with van der Waals surface area (Å²) in [5, 5.41) is 23.2. The van der Waals surface area contributed by atoms with Crippen LogP contribution in [0, 0.1) is 5.41 Å². The van der Waals surface area contributed by atoms with Crippen LogP contribution in [0.15, 0.2) is 12.3 Å². The van der Waals surface area contributed by atoms with Gasteiger partial charge >= 0.3 is 6.01 Å². The van der Waals surface area contributed by atoms with Crippen molar-refractivity contribution in [2.75, 3.05) is 58.0 Å². The lowest BCUT2D eigenvalue weighted by atomic mass is 9.83. The molecule has 0 bridgehead atoms. The zero-order chi connectivity index (χ0) is 37.1. The van der Waals surface area contributed by atoms with Crippen LogP contribution in [-0.4, -0.2) is 109 Å². The van der Waals surface area contributed by atoms with E-state index in [-0.39, 0.29) is 18.2 Å². The van der Waals surface area contributed by atoms with Crippen LogP contribution >= 0.6 is 11.6 Å². The van der Waals surface area contributed by atoms with Crippen molar-refractivity contribution in [3.63, 3.8) is 0 Å². The molecule has 3 aliphatic heterocycles.